The maximum Gasteiger partial charge on any atom is 0.266 e. The number of rotatable bonds is 3. The van der Waals surface area contributed by atoms with Crippen molar-refractivity contribution >= 4 is 0 Å². The quantitative estimate of drug-likeness (QED) is 0.788. The zero-order valence-electron chi connectivity index (χ0n) is 12.8. The van der Waals surface area contributed by atoms with E-state index in [1.54, 1.807) is 37.3 Å². The molecule has 118 valence electrons. The van der Waals surface area contributed by atoms with E-state index in [1.807, 2.05) is 12.1 Å². The SMILES string of the molecule is Cc1cc(-c2ccc(F)c(Oc3ccccc3)c2)c(C#N)c(=O)[nH]1. The van der Waals surface area contributed by atoms with Gasteiger partial charge in [-0.15, -0.1) is 0 Å². The molecule has 0 radical (unpaired) electrons. The molecule has 1 heterocycles. The Balaban J connectivity index is 2.10. The average molecular weight is 320 g/mol. The Kier molecular flexibility index (Phi) is 4.13. The summed E-state index contributed by atoms with van der Waals surface area (Å²) >= 11 is 0. The molecular formula is C19H13FN2O2. The average Bonchev–Trinajstić information content (AvgIpc) is 2.57. The Bertz CT molecular complexity index is 988. The summed E-state index contributed by atoms with van der Waals surface area (Å²) < 4.78 is 19.6. The monoisotopic (exact) mass is 320 g/mol. The summed E-state index contributed by atoms with van der Waals surface area (Å²) in [6.07, 6.45) is 0. The molecule has 1 aromatic heterocycles. The molecule has 0 unspecified atom stereocenters. The van der Waals surface area contributed by atoms with Crippen LogP contribution in [0.4, 0.5) is 4.39 Å². The second-order valence-electron chi connectivity index (χ2n) is 5.24. The summed E-state index contributed by atoms with van der Waals surface area (Å²) in [6.45, 7) is 1.72. The third kappa shape index (κ3) is 3.03. The fourth-order valence-corrected chi connectivity index (χ4v) is 2.39. The molecule has 1 N–H and O–H groups in total. The normalized spacial score (nSPS) is 10.2. The van der Waals surface area contributed by atoms with Crippen LogP contribution < -0.4 is 10.3 Å². The van der Waals surface area contributed by atoms with Crippen molar-refractivity contribution in [2.75, 3.05) is 0 Å². The van der Waals surface area contributed by atoms with Crippen LogP contribution in [-0.4, -0.2) is 4.98 Å². The van der Waals surface area contributed by atoms with E-state index in [1.165, 1.54) is 18.2 Å². The predicted molar refractivity (Wildman–Crippen MR) is 88.4 cm³/mol. The third-order valence-corrected chi connectivity index (χ3v) is 3.49. The highest BCUT2D eigenvalue weighted by molar-refractivity contribution is 5.71. The Morgan fingerprint density at radius 1 is 1.12 bits per heavy atom. The molecule has 0 bridgehead atoms. The Hall–Kier alpha value is -3.39. The minimum Gasteiger partial charge on any atom is -0.454 e. The molecule has 3 aromatic rings. The van der Waals surface area contributed by atoms with Crippen LogP contribution in [0, 0.1) is 24.1 Å². The van der Waals surface area contributed by atoms with Crippen LogP contribution in [0.15, 0.2) is 59.4 Å². The lowest BCUT2D eigenvalue weighted by atomic mass is 10.0. The third-order valence-electron chi connectivity index (χ3n) is 3.49. The number of hydrogen-bond acceptors (Lipinski definition) is 3. The van der Waals surface area contributed by atoms with Gasteiger partial charge in [-0.25, -0.2) is 4.39 Å². The summed E-state index contributed by atoms with van der Waals surface area (Å²) in [5.74, 6) is -0.000608. The fraction of sp³-hybridized carbons (Fsp3) is 0.0526. The van der Waals surface area contributed by atoms with Gasteiger partial charge in [0, 0.05) is 11.3 Å². The maximum absolute atomic E-state index is 14.1. The summed E-state index contributed by atoms with van der Waals surface area (Å²) in [7, 11) is 0. The van der Waals surface area contributed by atoms with Gasteiger partial charge in [-0.3, -0.25) is 4.79 Å². The molecule has 0 saturated heterocycles. The molecule has 3 rings (SSSR count). The lowest BCUT2D eigenvalue weighted by molar-refractivity contribution is 0.442. The van der Waals surface area contributed by atoms with E-state index in [4.69, 9.17) is 4.74 Å². The molecule has 0 aliphatic carbocycles. The number of nitriles is 1. The number of para-hydroxylation sites is 1. The minimum absolute atomic E-state index is 0.0159. The van der Waals surface area contributed by atoms with Crippen LogP contribution in [0.5, 0.6) is 11.5 Å². The number of ether oxygens (including phenoxy) is 1. The van der Waals surface area contributed by atoms with Crippen molar-refractivity contribution in [1.29, 1.82) is 5.26 Å². The molecule has 0 spiro atoms. The number of benzene rings is 2. The molecule has 0 amide bonds. The van der Waals surface area contributed by atoms with Gasteiger partial charge < -0.3 is 9.72 Å². The molecule has 0 atom stereocenters. The summed E-state index contributed by atoms with van der Waals surface area (Å²) in [4.78, 5) is 14.5. The fourth-order valence-electron chi connectivity index (χ4n) is 2.39. The maximum atomic E-state index is 14.1. The van der Waals surface area contributed by atoms with E-state index in [-0.39, 0.29) is 11.3 Å². The van der Waals surface area contributed by atoms with Crippen molar-refractivity contribution in [3.63, 3.8) is 0 Å². The number of nitrogens with one attached hydrogen (secondary N) is 1. The van der Waals surface area contributed by atoms with Crippen molar-refractivity contribution < 1.29 is 9.13 Å². The number of aryl methyl sites for hydroxylation is 1. The smallest absolute Gasteiger partial charge is 0.266 e. The van der Waals surface area contributed by atoms with Crippen molar-refractivity contribution in [2.24, 2.45) is 0 Å². The zero-order chi connectivity index (χ0) is 17.1. The van der Waals surface area contributed by atoms with Gasteiger partial charge in [-0.1, -0.05) is 24.3 Å². The summed E-state index contributed by atoms with van der Waals surface area (Å²) in [5, 5.41) is 9.24. The van der Waals surface area contributed by atoms with Crippen molar-refractivity contribution in [3.05, 3.63) is 82.0 Å². The number of pyridine rings is 1. The predicted octanol–water partition coefficient (Wildman–Crippen LogP) is 4.15. The van der Waals surface area contributed by atoms with Gasteiger partial charge in [0.1, 0.15) is 17.4 Å². The van der Waals surface area contributed by atoms with Crippen LogP contribution >= 0.6 is 0 Å². The van der Waals surface area contributed by atoms with Gasteiger partial charge in [-0.2, -0.15) is 5.26 Å². The number of nitrogens with zero attached hydrogens (tertiary/aromatic N) is 1. The molecule has 0 aliphatic rings. The topological polar surface area (TPSA) is 65.9 Å². The van der Waals surface area contributed by atoms with E-state index in [9.17, 15) is 14.4 Å². The first-order valence-electron chi connectivity index (χ1n) is 7.25. The number of aromatic amines is 1. The minimum atomic E-state index is -0.525. The largest absolute Gasteiger partial charge is 0.454 e. The van der Waals surface area contributed by atoms with E-state index < -0.39 is 11.4 Å². The van der Waals surface area contributed by atoms with Gasteiger partial charge in [0.05, 0.1) is 0 Å². The Morgan fingerprint density at radius 2 is 1.88 bits per heavy atom. The van der Waals surface area contributed by atoms with Crippen LogP contribution in [0.1, 0.15) is 11.3 Å². The first kappa shape index (κ1) is 15.5. The van der Waals surface area contributed by atoms with Crippen LogP contribution in [0.2, 0.25) is 0 Å². The number of hydrogen-bond donors (Lipinski definition) is 1. The Labute approximate surface area is 137 Å². The molecular weight excluding hydrogens is 307 g/mol. The molecule has 0 aliphatic heterocycles. The van der Waals surface area contributed by atoms with Gasteiger partial charge in [0.25, 0.3) is 5.56 Å². The van der Waals surface area contributed by atoms with Crippen LogP contribution in [0.25, 0.3) is 11.1 Å². The standard InChI is InChI=1S/C19H13FN2O2/c1-12-9-15(16(11-21)19(23)22-12)13-7-8-17(20)18(10-13)24-14-5-3-2-4-6-14/h2-10H,1H3,(H,22,23). The van der Waals surface area contributed by atoms with E-state index in [2.05, 4.69) is 4.98 Å². The van der Waals surface area contributed by atoms with E-state index in [0.717, 1.165) is 0 Å². The molecule has 0 fully saturated rings. The number of aromatic nitrogens is 1. The van der Waals surface area contributed by atoms with Crippen LogP contribution in [0.3, 0.4) is 0 Å². The molecule has 5 heteroatoms. The van der Waals surface area contributed by atoms with Crippen molar-refractivity contribution in [1.82, 2.24) is 4.98 Å². The van der Waals surface area contributed by atoms with Crippen LogP contribution in [-0.2, 0) is 0 Å². The van der Waals surface area contributed by atoms with Crippen molar-refractivity contribution in [2.45, 2.75) is 6.92 Å². The highest BCUT2D eigenvalue weighted by atomic mass is 19.1. The summed E-state index contributed by atoms with van der Waals surface area (Å²) in [5.41, 5.74) is 1.11. The van der Waals surface area contributed by atoms with Gasteiger partial charge >= 0.3 is 0 Å². The highest BCUT2D eigenvalue weighted by Gasteiger charge is 2.13. The Morgan fingerprint density at radius 3 is 2.58 bits per heavy atom. The van der Waals surface area contributed by atoms with Crippen molar-refractivity contribution in [3.8, 4) is 28.7 Å². The summed E-state index contributed by atoms with van der Waals surface area (Å²) in [6, 6.07) is 16.7. The highest BCUT2D eigenvalue weighted by Crippen LogP contribution is 2.30. The zero-order valence-corrected chi connectivity index (χ0v) is 12.8. The molecule has 4 nitrogen and oxygen atoms in total. The molecule has 2 aromatic carbocycles. The van der Waals surface area contributed by atoms with E-state index in [0.29, 0.717) is 22.6 Å². The molecule has 0 saturated carbocycles. The molecule has 24 heavy (non-hydrogen) atoms. The second kappa shape index (κ2) is 6.39. The second-order valence-corrected chi connectivity index (χ2v) is 5.24. The number of H-pyrrole nitrogens is 1. The lowest BCUT2D eigenvalue weighted by Gasteiger charge is -2.10. The first-order valence-corrected chi connectivity index (χ1v) is 7.25. The number of halogens is 1. The van der Waals surface area contributed by atoms with Gasteiger partial charge in [0.2, 0.25) is 0 Å². The van der Waals surface area contributed by atoms with Gasteiger partial charge in [0.15, 0.2) is 11.6 Å². The van der Waals surface area contributed by atoms with Gasteiger partial charge in [-0.05, 0) is 42.8 Å². The lowest BCUT2D eigenvalue weighted by Crippen LogP contribution is -2.12. The van der Waals surface area contributed by atoms with E-state index >= 15 is 0 Å². The first-order chi connectivity index (χ1) is 11.6.